The van der Waals surface area contributed by atoms with Gasteiger partial charge in [-0.25, -0.2) is 0 Å². The Morgan fingerprint density at radius 2 is 2.03 bits per heavy atom. The van der Waals surface area contributed by atoms with Gasteiger partial charge in [0.25, 0.3) is 5.91 Å². The van der Waals surface area contributed by atoms with E-state index in [9.17, 15) is 27.1 Å². The van der Waals surface area contributed by atoms with Crippen LogP contribution in [0, 0.1) is 0 Å². The van der Waals surface area contributed by atoms with Crippen LogP contribution in [-0.4, -0.2) is 41.8 Å². The lowest BCUT2D eigenvalue weighted by molar-refractivity contribution is -0.137. The van der Waals surface area contributed by atoms with Crippen LogP contribution in [0.25, 0.3) is 17.4 Å². The highest BCUT2D eigenvalue weighted by Crippen LogP contribution is 2.49. The van der Waals surface area contributed by atoms with E-state index in [1.807, 2.05) is 0 Å². The van der Waals surface area contributed by atoms with Gasteiger partial charge in [0.2, 0.25) is 0 Å². The number of alkyl halides is 3. The summed E-state index contributed by atoms with van der Waals surface area (Å²) in [5, 5.41) is 0. The Morgan fingerprint density at radius 1 is 1.27 bits per heavy atom. The molecule has 30 heavy (non-hydrogen) atoms. The second-order valence-corrected chi connectivity index (χ2v) is 11.0. The van der Waals surface area contributed by atoms with Crippen LogP contribution < -0.4 is 0 Å². The van der Waals surface area contributed by atoms with E-state index in [0.29, 0.717) is 21.4 Å². The van der Waals surface area contributed by atoms with Gasteiger partial charge in [0.1, 0.15) is 15.8 Å². The number of carbonyl (C=O) groups excluding carboxylic acids is 1. The molecule has 5 nitrogen and oxygen atoms in total. The molecule has 4 rings (SSSR count). The maximum atomic E-state index is 12.9. The lowest BCUT2D eigenvalue weighted by Crippen LogP contribution is -2.39. The number of thiocarbonyl (C=S) groups is 1. The van der Waals surface area contributed by atoms with Crippen molar-refractivity contribution in [1.82, 2.24) is 4.90 Å². The van der Waals surface area contributed by atoms with E-state index >= 15 is 0 Å². The Bertz CT molecular complexity index is 1050. The predicted octanol–water partition coefficient (Wildman–Crippen LogP) is 5.69. The Labute approximate surface area is 181 Å². The van der Waals surface area contributed by atoms with Crippen LogP contribution in [0.5, 0.6) is 0 Å². The number of halogens is 3. The van der Waals surface area contributed by atoms with Gasteiger partial charge in [-0.3, -0.25) is 18.8 Å². The summed E-state index contributed by atoms with van der Waals surface area (Å²) in [5.41, 5.74) is -0.505. The van der Waals surface area contributed by atoms with Crippen molar-refractivity contribution in [3.8, 4) is 11.3 Å². The zero-order chi connectivity index (χ0) is 21.7. The summed E-state index contributed by atoms with van der Waals surface area (Å²) in [6, 6.07) is 7.54. The van der Waals surface area contributed by atoms with E-state index in [-0.39, 0.29) is 34.8 Å². The molecule has 0 aliphatic carbocycles. The van der Waals surface area contributed by atoms with E-state index in [0.717, 1.165) is 23.9 Å². The van der Waals surface area contributed by atoms with Crippen LogP contribution in [0.2, 0.25) is 0 Å². The molecule has 2 N–H and O–H groups in total. The highest BCUT2D eigenvalue weighted by atomic mass is 32.3. The molecule has 2 aliphatic rings. The predicted molar refractivity (Wildman–Crippen MR) is 115 cm³/mol. The van der Waals surface area contributed by atoms with Crippen molar-refractivity contribution >= 4 is 50.9 Å². The van der Waals surface area contributed by atoms with Crippen molar-refractivity contribution in [2.24, 2.45) is 0 Å². The van der Waals surface area contributed by atoms with Crippen LogP contribution in [0.15, 0.2) is 45.7 Å². The molecule has 1 aromatic carbocycles. The number of benzene rings is 1. The van der Waals surface area contributed by atoms with Gasteiger partial charge in [0.15, 0.2) is 0 Å². The summed E-state index contributed by atoms with van der Waals surface area (Å²) < 4.78 is 64.4. The summed E-state index contributed by atoms with van der Waals surface area (Å²) in [6.07, 6.45) is -2.51. The average molecular weight is 476 g/mol. The second-order valence-electron chi connectivity index (χ2n) is 6.95. The first-order valence-electron chi connectivity index (χ1n) is 8.82. The molecule has 11 heteroatoms. The lowest BCUT2D eigenvalue weighted by atomic mass is 10.1. The molecule has 3 heterocycles. The molecule has 1 unspecified atom stereocenters. The Kier molecular flexibility index (Phi) is 5.52. The third kappa shape index (κ3) is 4.30. The molecule has 0 radical (unpaired) electrons. The molecule has 1 aromatic heterocycles. The fourth-order valence-corrected chi connectivity index (χ4v) is 6.49. The molecule has 2 saturated heterocycles. The average Bonchev–Trinajstić information content (AvgIpc) is 3.33. The highest BCUT2D eigenvalue weighted by molar-refractivity contribution is 8.27. The number of amides is 1. The topological polar surface area (TPSA) is 73.9 Å². The molecular weight excluding hydrogens is 459 g/mol. The molecule has 2 aromatic rings. The van der Waals surface area contributed by atoms with Gasteiger partial charge in [-0.15, -0.1) is 0 Å². The minimum absolute atomic E-state index is 0.104. The molecule has 0 spiro atoms. The van der Waals surface area contributed by atoms with E-state index in [1.54, 1.807) is 6.07 Å². The minimum Gasteiger partial charge on any atom is -0.457 e. The monoisotopic (exact) mass is 475 g/mol. The lowest BCUT2D eigenvalue weighted by Gasteiger charge is -2.28. The van der Waals surface area contributed by atoms with Crippen LogP contribution in [-0.2, 0) is 11.0 Å². The smallest absolute Gasteiger partial charge is 0.416 e. The number of nitrogens with zero attached hydrogens (tertiary/aromatic N) is 1. The van der Waals surface area contributed by atoms with Gasteiger partial charge >= 0.3 is 6.18 Å². The van der Waals surface area contributed by atoms with Gasteiger partial charge < -0.3 is 4.42 Å². The number of hydrogen-bond donors (Lipinski definition) is 2. The highest BCUT2D eigenvalue weighted by Gasteiger charge is 2.42. The van der Waals surface area contributed by atoms with Crippen LogP contribution in [0.3, 0.4) is 0 Å². The van der Waals surface area contributed by atoms with Crippen molar-refractivity contribution in [2.75, 3.05) is 11.5 Å². The van der Waals surface area contributed by atoms with Gasteiger partial charge in [0, 0.05) is 17.4 Å². The summed E-state index contributed by atoms with van der Waals surface area (Å²) in [4.78, 5) is 14.5. The summed E-state index contributed by atoms with van der Waals surface area (Å²) in [6.45, 7) is 0. The van der Waals surface area contributed by atoms with E-state index in [2.05, 4.69) is 0 Å². The third-order valence-electron chi connectivity index (χ3n) is 4.80. The van der Waals surface area contributed by atoms with E-state index in [4.69, 9.17) is 16.6 Å². The fraction of sp³-hybridized carbons (Fsp3) is 0.263. The first-order valence-corrected chi connectivity index (χ1v) is 11.9. The number of hydrogen-bond acceptors (Lipinski definition) is 6. The fourth-order valence-electron chi connectivity index (χ4n) is 3.36. The van der Waals surface area contributed by atoms with Crippen LogP contribution in [0.1, 0.15) is 17.7 Å². The summed E-state index contributed by atoms with van der Waals surface area (Å²) >= 11 is 6.37. The van der Waals surface area contributed by atoms with Gasteiger partial charge in [0.05, 0.1) is 22.3 Å². The molecule has 2 aliphatic heterocycles. The Hall–Kier alpha value is -1.79. The number of carbonyl (C=O) groups is 1. The molecular formula is C19H16F3NO4S3. The molecule has 0 saturated carbocycles. The SMILES string of the molecule is O=C1/C(=C\c2ccc(-c3cccc(C(F)(F)F)c3)o2)SC(=S)N1C1CCS(O)(O)C1. The maximum absolute atomic E-state index is 12.9. The van der Waals surface area contributed by atoms with Gasteiger partial charge in [-0.2, -0.15) is 23.8 Å². The van der Waals surface area contributed by atoms with Crippen molar-refractivity contribution in [2.45, 2.75) is 18.6 Å². The second kappa shape index (κ2) is 7.72. The normalized spacial score (nSPS) is 24.1. The van der Waals surface area contributed by atoms with Gasteiger partial charge in [-0.05, 0) is 30.7 Å². The standard InChI is InChI=1S/C19H16F3NO4S3/c20-19(21,22)12-3-1-2-11(8-12)15-5-4-14(27-15)9-16-17(24)23(18(28)29-16)13-6-7-30(25,26)10-13/h1-5,8-9,13,25-26H,6-7,10H2/b16-9+. The van der Waals surface area contributed by atoms with Crippen LogP contribution in [0.4, 0.5) is 13.2 Å². The summed E-state index contributed by atoms with van der Waals surface area (Å²) in [7, 11) is -2.68. The minimum atomic E-state index is -4.46. The number of thioether (sulfide) groups is 1. The molecule has 2 fully saturated rings. The first-order chi connectivity index (χ1) is 14.0. The largest absolute Gasteiger partial charge is 0.457 e. The first kappa shape index (κ1) is 21.4. The van der Waals surface area contributed by atoms with Crippen molar-refractivity contribution in [3.63, 3.8) is 0 Å². The quantitative estimate of drug-likeness (QED) is 0.439. The summed E-state index contributed by atoms with van der Waals surface area (Å²) in [5.74, 6) is 0.551. The van der Waals surface area contributed by atoms with E-state index < -0.39 is 22.3 Å². The van der Waals surface area contributed by atoms with Crippen LogP contribution >= 0.6 is 34.6 Å². The zero-order valence-electron chi connectivity index (χ0n) is 15.3. The molecule has 160 valence electrons. The van der Waals surface area contributed by atoms with Gasteiger partial charge in [-0.1, -0.05) is 36.1 Å². The van der Waals surface area contributed by atoms with Crippen molar-refractivity contribution < 1.29 is 31.5 Å². The number of rotatable bonds is 3. The maximum Gasteiger partial charge on any atom is 0.416 e. The number of furan rings is 1. The van der Waals surface area contributed by atoms with E-state index in [1.165, 1.54) is 29.2 Å². The molecule has 1 atom stereocenters. The molecule has 1 amide bonds. The van der Waals surface area contributed by atoms with Crippen molar-refractivity contribution in [1.29, 1.82) is 0 Å². The van der Waals surface area contributed by atoms with Crippen molar-refractivity contribution in [3.05, 3.63) is 52.6 Å². The Morgan fingerprint density at radius 3 is 2.70 bits per heavy atom. The third-order valence-corrected chi connectivity index (χ3v) is 7.94. The molecule has 0 bridgehead atoms. The Balaban J connectivity index is 1.55. The zero-order valence-corrected chi connectivity index (χ0v) is 17.7.